The van der Waals surface area contributed by atoms with Crippen LogP contribution >= 0.6 is 0 Å². The molecule has 1 saturated heterocycles. The van der Waals surface area contributed by atoms with E-state index in [1.54, 1.807) is 0 Å². The first-order chi connectivity index (χ1) is 11.5. The molecule has 1 saturated carbocycles. The second kappa shape index (κ2) is 7.55. The van der Waals surface area contributed by atoms with Crippen molar-refractivity contribution in [2.24, 2.45) is 5.92 Å². The maximum atomic E-state index is 11.5. The third-order valence-electron chi connectivity index (χ3n) is 6.27. The molecule has 134 valence electrons. The molecule has 0 bridgehead atoms. The highest BCUT2D eigenvalue weighted by Crippen LogP contribution is 2.42. The third-order valence-corrected chi connectivity index (χ3v) is 6.27. The van der Waals surface area contributed by atoms with E-state index in [1.807, 2.05) is 0 Å². The molecule has 1 aliphatic carbocycles. The Bertz CT molecular complexity index is 528. The molecule has 2 aliphatic rings. The molecule has 0 aromatic heterocycles. The molecule has 1 aromatic carbocycles. The Balaban J connectivity index is 1.81. The molecular formula is C21H34N2O. The van der Waals surface area contributed by atoms with Crippen LogP contribution < -0.4 is 0 Å². The van der Waals surface area contributed by atoms with Crippen LogP contribution in [0, 0.1) is 12.8 Å². The molecular weight excluding hydrogens is 296 g/mol. The SMILES string of the molecule is Cc1cccc(C(CN2CCN(C)CC2)C2(O)CCC(C)CC2)c1. The lowest BCUT2D eigenvalue weighted by molar-refractivity contribution is -0.0423. The van der Waals surface area contributed by atoms with Gasteiger partial charge >= 0.3 is 0 Å². The predicted molar refractivity (Wildman–Crippen MR) is 100 cm³/mol. The first-order valence-corrected chi connectivity index (χ1v) is 9.66. The number of likely N-dealkylation sites (N-methyl/N-ethyl adjacent to an activating group) is 1. The third kappa shape index (κ3) is 4.19. The molecule has 3 rings (SSSR count). The molecule has 3 nitrogen and oxygen atoms in total. The molecule has 2 fully saturated rings. The van der Waals surface area contributed by atoms with Gasteiger partial charge in [0, 0.05) is 38.6 Å². The van der Waals surface area contributed by atoms with Crippen LogP contribution in [-0.2, 0) is 0 Å². The van der Waals surface area contributed by atoms with Gasteiger partial charge in [-0.25, -0.2) is 0 Å². The molecule has 1 unspecified atom stereocenters. The summed E-state index contributed by atoms with van der Waals surface area (Å²) in [5.74, 6) is 0.986. The Morgan fingerprint density at radius 1 is 1.17 bits per heavy atom. The number of aliphatic hydroxyl groups is 1. The van der Waals surface area contributed by atoms with E-state index in [9.17, 15) is 5.11 Å². The van der Waals surface area contributed by atoms with Gasteiger partial charge in [-0.3, -0.25) is 0 Å². The maximum Gasteiger partial charge on any atom is 0.0728 e. The Morgan fingerprint density at radius 3 is 2.46 bits per heavy atom. The molecule has 3 heteroatoms. The van der Waals surface area contributed by atoms with E-state index >= 15 is 0 Å². The molecule has 1 aliphatic heterocycles. The van der Waals surface area contributed by atoms with Crippen molar-refractivity contribution >= 4 is 0 Å². The highest BCUT2D eigenvalue weighted by atomic mass is 16.3. The van der Waals surface area contributed by atoms with Crippen LogP contribution in [-0.4, -0.2) is 60.3 Å². The summed E-state index contributed by atoms with van der Waals surface area (Å²) in [7, 11) is 2.20. The number of hydrogen-bond acceptors (Lipinski definition) is 3. The molecule has 0 amide bonds. The maximum absolute atomic E-state index is 11.5. The second-order valence-electron chi connectivity index (χ2n) is 8.36. The summed E-state index contributed by atoms with van der Waals surface area (Å²) in [5.41, 5.74) is 2.08. The number of hydrogen-bond donors (Lipinski definition) is 1. The van der Waals surface area contributed by atoms with Crippen LogP contribution in [0.5, 0.6) is 0 Å². The van der Waals surface area contributed by atoms with Crippen LogP contribution in [0.1, 0.15) is 49.7 Å². The van der Waals surface area contributed by atoms with Gasteiger partial charge in [-0.1, -0.05) is 36.8 Å². The zero-order chi connectivity index (χ0) is 17.2. The van der Waals surface area contributed by atoms with Crippen molar-refractivity contribution in [2.75, 3.05) is 39.8 Å². The van der Waals surface area contributed by atoms with E-state index < -0.39 is 5.60 Å². The number of piperazine rings is 1. The van der Waals surface area contributed by atoms with Gasteiger partial charge in [0.15, 0.2) is 0 Å². The Labute approximate surface area is 147 Å². The minimum Gasteiger partial charge on any atom is -0.389 e. The first-order valence-electron chi connectivity index (χ1n) is 9.66. The van der Waals surface area contributed by atoms with Gasteiger partial charge in [-0.05, 0) is 51.1 Å². The first kappa shape index (κ1) is 17.9. The summed E-state index contributed by atoms with van der Waals surface area (Å²) >= 11 is 0. The van der Waals surface area contributed by atoms with Crippen molar-refractivity contribution in [3.63, 3.8) is 0 Å². The van der Waals surface area contributed by atoms with E-state index in [0.29, 0.717) is 0 Å². The standard InChI is InChI=1S/C21H34N2O/c1-17-7-9-21(24,10-8-17)20(19-6-4-5-18(2)15-19)16-23-13-11-22(3)12-14-23/h4-6,15,17,20,24H,7-14,16H2,1-3H3. The number of nitrogens with zero attached hydrogens (tertiary/aromatic N) is 2. The van der Waals surface area contributed by atoms with Gasteiger partial charge in [0.25, 0.3) is 0 Å². The zero-order valence-corrected chi connectivity index (χ0v) is 15.7. The van der Waals surface area contributed by atoms with Gasteiger partial charge in [0.1, 0.15) is 0 Å². The van der Waals surface area contributed by atoms with Gasteiger partial charge in [0.05, 0.1) is 5.60 Å². The number of aryl methyl sites for hydroxylation is 1. The lowest BCUT2D eigenvalue weighted by Gasteiger charge is -2.44. The van der Waals surface area contributed by atoms with Crippen LogP contribution in [0.25, 0.3) is 0 Å². The van der Waals surface area contributed by atoms with Crippen molar-refractivity contribution in [1.29, 1.82) is 0 Å². The molecule has 1 heterocycles. The monoisotopic (exact) mass is 330 g/mol. The Morgan fingerprint density at radius 2 is 1.83 bits per heavy atom. The van der Waals surface area contributed by atoms with E-state index in [1.165, 1.54) is 11.1 Å². The summed E-state index contributed by atoms with van der Waals surface area (Å²) < 4.78 is 0. The second-order valence-corrected chi connectivity index (χ2v) is 8.36. The van der Waals surface area contributed by atoms with Crippen LogP contribution in [0.2, 0.25) is 0 Å². The van der Waals surface area contributed by atoms with Crippen molar-refractivity contribution in [2.45, 2.75) is 51.0 Å². The summed E-state index contributed by atoms with van der Waals surface area (Å²) in [5, 5.41) is 11.5. The van der Waals surface area contributed by atoms with E-state index in [2.05, 4.69) is 55.0 Å². The van der Waals surface area contributed by atoms with Gasteiger partial charge in [-0.15, -0.1) is 0 Å². The summed E-state index contributed by atoms with van der Waals surface area (Å²) in [6.45, 7) is 9.97. The van der Waals surface area contributed by atoms with Crippen molar-refractivity contribution < 1.29 is 5.11 Å². The van der Waals surface area contributed by atoms with Crippen molar-refractivity contribution in [3.8, 4) is 0 Å². The van der Waals surface area contributed by atoms with Crippen LogP contribution in [0.4, 0.5) is 0 Å². The fourth-order valence-corrected chi connectivity index (χ4v) is 4.37. The summed E-state index contributed by atoms with van der Waals surface area (Å²) in [6, 6.07) is 8.82. The fraction of sp³-hybridized carbons (Fsp3) is 0.714. The molecule has 0 spiro atoms. The molecule has 0 radical (unpaired) electrons. The predicted octanol–water partition coefficient (Wildman–Crippen LogP) is 3.27. The van der Waals surface area contributed by atoms with Gasteiger partial charge in [0.2, 0.25) is 0 Å². The van der Waals surface area contributed by atoms with E-state index in [4.69, 9.17) is 0 Å². The van der Waals surface area contributed by atoms with E-state index in [-0.39, 0.29) is 5.92 Å². The van der Waals surface area contributed by atoms with E-state index in [0.717, 1.165) is 64.3 Å². The highest BCUT2D eigenvalue weighted by Gasteiger charge is 2.41. The van der Waals surface area contributed by atoms with Gasteiger partial charge < -0.3 is 14.9 Å². The topological polar surface area (TPSA) is 26.7 Å². The smallest absolute Gasteiger partial charge is 0.0728 e. The number of rotatable bonds is 4. The molecule has 1 N–H and O–H groups in total. The summed E-state index contributed by atoms with van der Waals surface area (Å²) in [6.07, 6.45) is 4.20. The Hall–Kier alpha value is -0.900. The molecule has 1 aromatic rings. The van der Waals surface area contributed by atoms with Crippen LogP contribution in [0.3, 0.4) is 0 Å². The van der Waals surface area contributed by atoms with Crippen molar-refractivity contribution in [3.05, 3.63) is 35.4 Å². The summed E-state index contributed by atoms with van der Waals surface area (Å²) in [4.78, 5) is 4.96. The van der Waals surface area contributed by atoms with Crippen LogP contribution in [0.15, 0.2) is 24.3 Å². The minimum atomic E-state index is -0.538. The average molecular weight is 331 g/mol. The average Bonchev–Trinajstić information content (AvgIpc) is 2.57. The highest BCUT2D eigenvalue weighted by molar-refractivity contribution is 5.28. The normalized spacial score (nSPS) is 31.1. The quantitative estimate of drug-likeness (QED) is 0.918. The van der Waals surface area contributed by atoms with Gasteiger partial charge in [-0.2, -0.15) is 0 Å². The van der Waals surface area contributed by atoms with Crippen molar-refractivity contribution in [1.82, 2.24) is 9.80 Å². The Kier molecular flexibility index (Phi) is 5.63. The zero-order valence-electron chi connectivity index (χ0n) is 15.7. The molecule has 1 atom stereocenters. The fourth-order valence-electron chi connectivity index (χ4n) is 4.37. The lowest BCUT2D eigenvalue weighted by atomic mass is 9.70. The largest absolute Gasteiger partial charge is 0.389 e. The lowest BCUT2D eigenvalue weighted by Crippen LogP contribution is -2.50. The number of benzene rings is 1. The molecule has 24 heavy (non-hydrogen) atoms. The minimum absolute atomic E-state index is 0.230.